The van der Waals surface area contributed by atoms with Gasteiger partial charge in [-0.1, -0.05) is 5.92 Å². The van der Waals surface area contributed by atoms with E-state index in [4.69, 9.17) is 11.7 Å². The third-order valence-electron chi connectivity index (χ3n) is 1.43. The van der Waals surface area contributed by atoms with E-state index in [-0.39, 0.29) is 0 Å². The zero-order valence-corrected chi connectivity index (χ0v) is 7.02. The zero-order chi connectivity index (χ0) is 10.5. The fourth-order valence-corrected chi connectivity index (χ4v) is 0.588. The Bertz CT molecular complexity index is 233. The van der Waals surface area contributed by atoms with Crippen LogP contribution in [-0.2, 0) is 0 Å². The lowest BCUT2D eigenvalue weighted by Gasteiger charge is -2.14. The third-order valence-corrected chi connectivity index (χ3v) is 1.43. The molecule has 13 heavy (non-hydrogen) atoms. The van der Waals surface area contributed by atoms with E-state index in [1.54, 1.807) is 6.92 Å². The van der Waals surface area contributed by atoms with Gasteiger partial charge >= 0.3 is 6.18 Å². The van der Waals surface area contributed by atoms with Gasteiger partial charge < -0.3 is 5.32 Å². The minimum Gasteiger partial charge on any atom is -0.302 e. The Morgan fingerprint density at radius 3 is 2.38 bits per heavy atom. The molecule has 0 radical (unpaired) electrons. The Kier molecular flexibility index (Phi) is 4.30. The standard InChI is InChI=1S/C8H9F3N2/c1-3-6(2)13-5-7(4-12)8(9,10)11/h1,6-7,13H,5H2,2H3. The van der Waals surface area contributed by atoms with E-state index < -0.39 is 24.7 Å². The highest BCUT2D eigenvalue weighted by molar-refractivity contribution is 4.98. The molecule has 72 valence electrons. The van der Waals surface area contributed by atoms with Crippen LogP contribution in [0.4, 0.5) is 13.2 Å². The summed E-state index contributed by atoms with van der Waals surface area (Å²) < 4.78 is 35.9. The van der Waals surface area contributed by atoms with Crippen LogP contribution < -0.4 is 5.32 Å². The molecule has 5 heteroatoms. The van der Waals surface area contributed by atoms with Crippen molar-refractivity contribution in [2.45, 2.75) is 19.1 Å². The molecule has 0 saturated heterocycles. The summed E-state index contributed by atoms with van der Waals surface area (Å²) in [7, 11) is 0. The summed E-state index contributed by atoms with van der Waals surface area (Å²) in [5.41, 5.74) is 0. The van der Waals surface area contributed by atoms with Gasteiger partial charge in [0.15, 0.2) is 5.92 Å². The summed E-state index contributed by atoms with van der Waals surface area (Å²) in [5.74, 6) is 0.211. The average molecular weight is 190 g/mol. The Labute approximate surface area is 74.7 Å². The quantitative estimate of drug-likeness (QED) is 0.681. The van der Waals surface area contributed by atoms with Crippen molar-refractivity contribution in [1.29, 1.82) is 5.26 Å². The first-order valence-electron chi connectivity index (χ1n) is 3.57. The number of hydrogen-bond acceptors (Lipinski definition) is 2. The lowest BCUT2D eigenvalue weighted by atomic mass is 10.1. The average Bonchev–Trinajstić information content (AvgIpc) is 2.02. The van der Waals surface area contributed by atoms with Crippen LogP contribution in [0.25, 0.3) is 0 Å². The van der Waals surface area contributed by atoms with Crippen molar-refractivity contribution < 1.29 is 13.2 Å². The van der Waals surface area contributed by atoms with Gasteiger partial charge in [-0.25, -0.2) is 0 Å². The minimum absolute atomic E-state index is 0.460. The van der Waals surface area contributed by atoms with E-state index in [9.17, 15) is 13.2 Å². The molecule has 0 rings (SSSR count). The number of hydrogen-bond donors (Lipinski definition) is 1. The highest BCUT2D eigenvalue weighted by Crippen LogP contribution is 2.24. The molecule has 0 amide bonds. The monoisotopic (exact) mass is 190 g/mol. The Morgan fingerprint density at radius 1 is 1.54 bits per heavy atom. The molecule has 0 spiro atoms. The normalized spacial score (nSPS) is 15.5. The molecule has 2 nitrogen and oxygen atoms in total. The van der Waals surface area contributed by atoms with Crippen LogP contribution in [0, 0.1) is 29.6 Å². The molecule has 0 aliphatic rings. The predicted octanol–water partition coefficient (Wildman–Crippen LogP) is 1.30. The van der Waals surface area contributed by atoms with Crippen LogP contribution in [0.15, 0.2) is 0 Å². The maximum atomic E-state index is 12.0. The second kappa shape index (κ2) is 4.74. The second-order valence-electron chi connectivity index (χ2n) is 2.52. The van der Waals surface area contributed by atoms with Crippen LogP contribution in [-0.4, -0.2) is 18.8 Å². The van der Waals surface area contributed by atoms with Gasteiger partial charge in [-0.15, -0.1) is 6.42 Å². The van der Waals surface area contributed by atoms with Crippen molar-refractivity contribution in [3.05, 3.63) is 0 Å². The van der Waals surface area contributed by atoms with Gasteiger partial charge in [-0.05, 0) is 6.92 Å². The molecule has 0 aromatic carbocycles. The fourth-order valence-electron chi connectivity index (χ4n) is 0.588. The SMILES string of the molecule is C#CC(C)NCC(C#N)C(F)(F)F. The summed E-state index contributed by atoms with van der Waals surface area (Å²) in [5, 5.41) is 10.6. The van der Waals surface area contributed by atoms with E-state index in [1.165, 1.54) is 6.07 Å². The number of halogens is 3. The van der Waals surface area contributed by atoms with Crippen LogP contribution in [0.1, 0.15) is 6.92 Å². The van der Waals surface area contributed by atoms with Gasteiger partial charge in [-0.3, -0.25) is 0 Å². The highest BCUT2D eigenvalue weighted by Gasteiger charge is 2.39. The molecule has 0 aromatic heterocycles. The predicted molar refractivity (Wildman–Crippen MR) is 41.5 cm³/mol. The Hall–Kier alpha value is -1.20. The Morgan fingerprint density at radius 2 is 2.08 bits per heavy atom. The van der Waals surface area contributed by atoms with E-state index in [2.05, 4.69) is 11.2 Å². The first-order valence-corrected chi connectivity index (χ1v) is 3.57. The molecule has 0 heterocycles. The van der Waals surface area contributed by atoms with Crippen molar-refractivity contribution in [3.63, 3.8) is 0 Å². The molecule has 0 aliphatic heterocycles. The number of nitrogens with one attached hydrogen (secondary N) is 1. The van der Waals surface area contributed by atoms with Crippen LogP contribution >= 0.6 is 0 Å². The molecule has 0 saturated carbocycles. The van der Waals surface area contributed by atoms with Crippen molar-refractivity contribution in [1.82, 2.24) is 5.32 Å². The summed E-state index contributed by atoms with van der Waals surface area (Å²) in [6.45, 7) is 1.08. The molecule has 2 atom stereocenters. The highest BCUT2D eigenvalue weighted by atomic mass is 19.4. The third kappa shape index (κ3) is 4.39. The maximum Gasteiger partial charge on any atom is 0.405 e. The molecule has 1 N–H and O–H groups in total. The van der Waals surface area contributed by atoms with Gasteiger partial charge in [0.25, 0.3) is 0 Å². The Balaban J connectivity index is 4.05. The molecule has 2 unspecified atom stereocenters. The summed E-state index contributed by atoms with van der Waals surface area (Å²) >= 11 is 0. The summed E-state index contributed by atoms with van der Waals surface area (Å²) in [6.07, 6.45) is 0.442. The number of alkyl halides is 3. The van der Waals surface area contributed by atoms with Crippen LogP contribution in [0.5, 0.6) is 0 Å². The van der Waals surface area contributed by atoms with Crippen LogP contribution in [0.3, 0.4) is 0 Å². The zero-order valence-electron chi connectivity index (χ0n) is 7.02. The smallest absolute Gasteiger partial charge is 0.302 e. The minimum atomic E-state index is -4.49. The first-order chi connectivity index (χ1) is 5.91. The van der Waals surface area contributed by atoms with E-state index in [0.717, 1.165) is 0 Å². The number of terminal acetylenes is 1. The van der Waals surface area contributed by atoms with Gasteiger partial charge in [-0.2, -0.15) is 18.4 Å². The molecular formula is C8H9F3N2. The van der Waals surface area contributed by atoms with E-state index in [1.807, 2.05) is 0 Å². The van der Waals surface area contributed by atoms with Gasteiger partial charge in [0, 0.05) is 6.54 Å². The van der Waals surface area contributed by atoms with E-state index in [0.29, 0.717) is 0 Å². The van der Waals surface area contributed by atoms with Gasteiger partial charge in [0.2, 0.25) is 0 Å². The largest absolute Gasteiger partial charge is 0.405 e. The van der Waals surface area contributed by atoms with Crippen LogP contribution in [0.2, 0.25) is 0 Å². The van der Waals surface area contributed by atoms with Crippen molar-refractivity contribution >= 4 is 0 Å². The van der Waals surface area contributed by atoms with Gasteiger partial charge in [0.1, 0.15) is 0 Å². The lowest BCUT2D eigenvalue weighted by Crippen LogP contribution is -2.36. The molecular weight excluding hydrogens is 181 g/mol. The number of rotatable bonds is 3. The molecule has 0 aliphatic carbocycles. The number of nitrogens with zero attached hydrogens (tertiary/aromatic N) is 1. The first kappa shape index (κ1) is 11.8. The fraction of sp³-hybridized carbons (Fsp3) is 0.625. The summed E-state index contributed by atoms with van der Waals surface area (Å²) in [6, 6.07) is 0.705. The molecule has 0 fully saturated rings. The molecule has 0 bridgehead atoms. The van der Waals surface area contributed by atoms with Crippen molar-refractivity contribution in [2.75, 3.05) is 6.54 Å². The van der Waals surface area contributed by atoms with Gasteiger partial charge in [0.05, 0.1) is 12.1 Å². The topological polar surface area (TPSA) is 35.8 Å². The summed E-state index contributed by atoms with van der Waals surface area (Å²) in [4.78, 5) is 0. The van der Waals surface area contributed by atoms with Crippen molar-refractivity contribution in [2.24, 2.45) is 5.92 Å². The second-order valence-corrected chi connectivity index (χ2v) is 2.52. The lowest BCUT2D eigenvalue weighted by molar-refractivity contribution is -0.157. The van der Waals surface area contributed by atoms with Crippen molar-refractivity contribution in [3.8, 4) is 18.4 Å². The molecule has 0 aromatic rings. The van der Waals surface area contributed by atoms with E-state index >= 15 is 0 Å². The number of nitriles is 1. The maximum absolute atomic E-state index is 12.0.